The highest BCUT2D eigenvalue weighted by molar-refractivity contribution is 6.33. The summed E-state index contributed by atoms with van der Waals surface area (Å²) in [5.41, 5.74) is 3.36. The number of rotatable bonds is 5. The Kier molecular flexibility index (Phi) is 5.41. The SMILES string of the molecule is CC[C@H](Oc1ccc2c(c1)CCCC2)C(=O)Nc1ccccc1Cl. The number of carbonyl (C=O) groups is 1. The number of nitrogens with one attached hydrogen (secondary N) is 1. The minimum absolute atomic E-state index is 0.177. The number of para-hydroxylation sites is 1. The highest BCUT2D eigenvalue weighted by Crippen LogP contribution is 2.27. The fourth-order valence-electron chi connectivity index (χ4n) is 3.05. The summed E-state index contributed by atoms with van der Waals surface area (Å²) in [4.78, 5) is 12.5. The van der Waals surface area contributed by atoms with Crippen molar-refractivity contribution < 1.29 is 9.53 Å². The number of hydrogen-bond acceptors (Lipinski definition) is 2. The first-order valence-corrected chi connectivity index (χ1v) is 8.89. The van der Waals surface area contributed by atoms with Gasteiger partial charge in [0.05, 0.1) is 10.7 Å². The van der Waals surface area contributed by atoms with E-state index in [2.05, 4.69) is 17.4 Å². The molecule has 1 aliphatic carbocycles. The molecular formula is C20H22ClNO2. The van der Waals surface area contributed by atoms with Gasteiger partial charge in [-0.1, -0.05) is 36.7 Å². The number of aryl methyl sites for hydroxylation is 2. The first-order valence-electron chi connectivity index (χ1n) is 8.51. The summed E-state index contributed by atoms with van der Waals surface area (Å²) >= 11 is 6.10. The third-order valence-corrected chi connectivity index (χ3v) is 4.72. The average molecular weight is 344 g/mol. The van der Waals surface area contributed by atoms with Gasteiger partial charge in [0.2, 0.25) is 0 Å². The molecule has 0 saturated heterocycles. The summed E-state index contributed by atoms with van der Waals surface area (Å²) in [6, 6.07) is 13.4. The van der Waals surface area contributed by atoms with Crippen molar-refractivity contribution in [3.63, 3.8) is 0 Å². The zero-order chi connectivity index (χ0) is 16.9. The van der Waals surface area contributed by atoms with Gasteiger partial charge in [-0.25, -0.2) is 0 Å². The lowest BCUT2D eigenvalue weighted by Crippen LogP contribution is -2.32. The standard InChI is InChI=1S/C20H22ClNO2/c1-2-19(20(23)22-18-10-6-5-9-17(18)21)24-16-12-11-14-7-3-4-8-15(14)13-16/h5-6,9-13,19H,2-4,7-8H2,1H3,(H,22,23)/t19-/m0/s1. The summed E-state index contributed by atoms with van der Waals surface area (Å²) in [5, 5.41) is 3.37. The van der Waals surface area contributed by atoms with E-state index in [4.69, 9.17) is 16.3 Å². The number of amides is 1. The Morgan fingerprint density at radius 3 is 2.67 bits per heavy atom. The topological polar surface area (TPSA) is 38.3 Å². The third kappa shape index (κ3) is 3.90. The van der Waals surface area contributed by atoms with Crippen molar-refractivity contribution in [3.8, 4) is 5.75 Å². The van der Waals surface area contributed by atoms with Crippen molar-refractivity contribution in [1.29, 1.82) is 0 Å². The average Bonchev–Trinajstić information content (AvgIpc) is 2.61. The molecule has 0 heterocycles. The van der Waals surface area contributed by atoms with Crippen molar-refractivity contribution in [2.75, 3.05) is 5.32 Å². The molecule has 0 bridgehead atoms. The Bertz CT molecular complexity index is 729. The molecule has 0 fully saturated rings. The Morgan fingerprint density at radius 2 is 1.92 bits per heavy atom. The molecule has 24 heavy (non-hydrogen) atoms. The first-order chi connectivity index (χ1) is 11.7. The van der Waals surface area contributed by atoms with Crippen LogP contribution >= 0.6 is 11.6 Å². The third-order valence-electron chi connectivity index (χ3n) is 4.39. The molecular weight excluding hydrogens is 322 g/mol. The molecule has 3 nitrogen and oxygen atoms in total. The minimum Gasteiger partial charge on any atom is -0.481 e. The van der Waals surface area contributed by atoms with E-state index in [1.54, 1.807) is 12.1 Å². The largest absolute Gasteiger partial charge is 0.481 e. The summed E-state index contributed by atoms with van der Waals surface area (Å²) in [6.45, 7) is 1.94. The van der Waals surface area contributed by atoms with Gasteiger partial charge in [0, 0.05) is 0 Å². The van der Waals surface area contributed by atoms with Crippen LogP contribution in [-0.2, 0) is 17.6 Å². The van der Waals surface area contributed by atoms with E-state index >= 15 is 0 Å². The van der Waals surface area contributed by atoms with Gasteiger partial charge in [-0.05, 0) is 67.5 Å². The number of ether oxygens (including phenoxy) is 1. The monoisotopic (exact) mass is 343 g/mol. The van der Waals surface area contributed by atoms with Gasteiger partial charge in [-0.15, -0.1) is 0 Å². The second kappa shape index (κ2) is 7.71. The second-order valence-corrected chi connectivity index (χ2v) is 6.53. The van der Waals surface area contributed by atoms with Crippen LogP contribution in [0.5, 0.6) is 5.75 Å². The van der Waals surface area contributed by atoms with Crippen LogP contribution < -0.4 is 10.1 Å². The Morgan fingerprint density at radius 1 is 1.17 bits per heavy atom. The van der Waals surface area contributed by atoms with Gasteiger partial charge in [0.25, 0.3) is 5.91 Å². The summed E-state index contributed by atoms with van der Waals surface area (Å²) < 4.78 is 5.95. The number of hydrogen-bond donors (Lipinski definition) is 1. The molecule has 2 aromatic rings. The summed E-state index contributed by atoms with van der Waals surface area (Å²) in [7, 11) is 0. The van der Waals surface area contributed by atoms with E-state index in [-0.39, 0.29) is 5.91 Å². The lowest BCUT2D eigenvalue weighted by atomic mass is 9.92. The van der Waals surface area contributed by atoms with Crippen molar-refractivity contribution in [1.82, 2.24) is 0 Å². The quantitative estimate of drug-likeness (QED) is 0.828. The van der Waals surface area contributed by atoms with E-state index in [9.17, 15) is 4.79 Å². The molecule has 126 valence electrons. The van der Waals surface area contributed by atoms with E-state index in [1.807, 2.05) is 25.1 Å². The number of carbonyl (C=O) groups excluding carboxylic acids is 1. The Labute approximate surface area is 148 Å². The first kappa shape index (κ1) is 16.8. The molecule has 1 atom stereocenters. The maximum Gasteiger partial charge on any atom is 0.265 e. The van der Waals surface area contributed by atoms with Crippen molar-refractivity contribution in [3.05, 3.63) is 58.6 Å². The highest BCUT2D eigenvalue weighted by Gasteiger charge is 2.20. The molecule has 0 unspecified atom stereocenters. The van der Waals surface area contributed by atoms with E-state index < -0.39 is 6.10 Å². The van der Waals surface area contributed by atoms with Crippen LogP contribution in [0.2, 0.25) is 5.02 Å². The molecule has 1 aliphatic rings. The van der Waals surface area contributed by atoms with Crippen LogP contribution in [0.3, 0.4) is 0 Å². The highest BCUT2D eigenvalue weighted by atomic mass is 35.5. The Balaban J connectivity index is 1.70. The normalized spacial score (nSPS) is 14.6. The molecule has 3 rings (SSSR count). The minimum atomic E-state index is -0.539. The lowest BCUT2D eigenvalue weighted by molar-refractivity contribution is -0.122. The fraction of sp³-hybridized carbons (Fsp3) is 0.350. The molecule has 0 saturated carbocycles. The second-order valence-electron chi connectivity index (χ2n) is 6.12. The van der Waals surface area contributed by atoms with Crippen LogP contribution in [-0.4, -0.2) is 12.0 Å². The van der Waals surface area contributed by atoms with E-state index in [0.717, 1.165) is 18.6 Å². The zero-order valence-electron chi connectivity index (χ0n) is 13.8. The van der Waals surface area contributed by atoms with Gasteiger partial charge in [-0.3, -0.25) is 4.79 Å². The molecule has 0 radical (unpaired) electrons. The molecule has 0 aliphatic heterocycles. The van der Waals surface area contributed by atoms with Crippen molar-refractivity contribution >= 4 is 23.2 Å². The van der Waals surface area contributed by atoms with Gasteiger partial charge in [-0.2, -0.15) is 0 Å². The molecule has 2 aromatic carbocycles. The predicted octanol–water partition coefficient (Wildman–Crippen LogP) is 5.01. The molecule has 4 heteroatoms. The molecule has 1 amide bonds. The number of halogens is 1. The fourth-order valence-corrected chi connectivity index (χ4v) is 3.23. The maximum absolute atomic E-state index is 12.5. The van der Waals surface area contributed by atoms with Crippen molar-refractivity contribution in [2.24, 2.45) is 0 Å². The van der Waals surface area contributed by atoms with E-state index in [1.165, 1.54) is 24.0 Å². The molecule has 1 N–H and O–H groups in total. The molecule has 0 aromatic heterocycles. The number of fused-ring (bicyclic) bond motifs is 1. The van der Waals surface area contributed by atoms with Crippen LogP contribution in [0, 0.1) is 0 Å². The van der Waals surface area contributed by atoms with Gasteiger partial charge in [0.1, 0.15) is 5.75 Å². The summed E-state index contributed by atoms with van der Waals surface area (Å²) in [5.74, 6) is 0.583. The Hall–Kier alpha value is -2.00. The maximum atomic E-state index is 12.5. The van der Waals surface area contributed by atoms with Gasteiger partial charge in [0.15, 0.2) is 6.10 Å². The molecule has 0 spiro atoms. The van der Waals surface area contributed by atoms with Crippen LogP contribution in [0.25, 0.3) is 0 Å². The van der Waals surface area contributed by atoms with E-state index in [0.29, 0.717) is 17.1 Å². The summed E-state index contributed by atoms with van der Waals surface area (Å²) in [6.07, 6.45) is 4.76. The van der Waals surface area contributed by atoms with Gasteiger partial charge < -0.3 is 10.1 Å². The zero-order valence-corrected chi connectivity index (χ0v) is 14.6. The lowest BCUT2D eigenvalue weighted by Gasteiger charge is -2.20. The van der Waals surface area contributed by atoms with Crippen LogP contribution in [0.15, 0.2) is 42.5 Å². The van der Waals surface area contributed by atoms with Gasteiger partial charge >= 0.3 is 0 Å². The van der Waals surface area contributed by atoms with Crippen LogP contribution in [0.1, 0.15) is 37.3 Å². The number of benzene rings is 2. The predicted molar refractivity (Wildman–Crippen MR) is 97.9 cm³/mol. The smallest absolute Gasteiger partial charge is 0.265 e. The van der Waals surface area contributed by atoms with Crippen molar-refractivity contribution in [2.45, 2.75) is 45.1 Å². The number of anilines is 1. The van der Waals surface area contributed by atoms with Crippen LogP contribution in [0.4, 0.5) is 5.69 Å².